The van der Waals surface area contributed by atoms with Crippen LogP contribution in [0.15, 0.2) is 60.7 Å². The minimum atomic E-state index is -0.130. The van der Waals surface area contributed by atoms with E-state index >= 15 is 0 Å². The first kappa shape index (κ1) is 22.0. The minimum absolute atomic E-state index is 0.130. The van der Waals surface area contributed by atoms with E-state index in [2.05, 4.69) is 20.4 Å². The van der Waals surface area contributed by atoms with E-state index in [1.165, 1.54) is 0 Å². The molecule has 4 rings (SSSR count). The first-order chi connectivity index (χ1) is 15.9. The van der Waals surface area contributed by atoms with E-state index in [1.807, 2.05) is 51.1 Å². The fourth-order valence-corrected chi connectivity index (χ4v) is 3.50. The fourth-order valence-electron chi connectivity index (χ4n) is 3.50. The van der Waals surface area contributed by atoms with Crippen LogP contribution in [-0.4, -0.2) is 32.8 Å². The maximum atomic E-state index is 12.4. The van der Waals surface area contributed by atoms with Gasteiger partial charge < -0.3 is 14.8 Å². The maximum Gasteiger partial charge on any atom is 0.228 e. The number of hydrogen-bond donors (Lipinski definition) is 1. The van der Waals surface area contributed by atoms with E-state index in [0.717, 1.165) is 17.0 Å². The van der Waals surface area contributed by atoms with Crippen LogP contribution in [0.1, 0.15) is 22.8 Å². The molecule has 8 heteroatoms. The van der Waals surface area contributed by atoms with Gasteiger partial charge in [0, 0.05) is 23.0 Å². The number of nitrogens with one attached hydrogen (secondary N) is 1. The molecule has 0 fully saturated rings. The molecular weight excluding hydrogens is 418 g/mol. The van der Waals surface area contributed by atoms with E-state index in [9.17, 15) is 4.79 Å². The van der Waals surface area contributed by atoms with Crippen LogP contribution in [0.2, 0.25) is 0 Å². The van der Waals surface area contributed by atoms with Gasteiger partial charge in [0.05, 0.1) is 19.2 Å². The maximum absolute atomic E-state index is 12.4. The molecule has 0 unspecified atom stereocenters. The topological polar surface area (TPSA) is 91.2 Å². The van der Waals surface area contributed by atoms with Gasteiger partial charge in [-0.25, -0.2) is 9.67 Å². The molecule has 8 nitrogen and oxygen atoms in total. The highest BCUT2D eigenvalue weighted by Gasteiger charge is 2.11. The van der Waals surface area contributed by atoms with Crippen molar-refractivity contribution in [2.45, 2.75) is 27.2 Å². The Labute approximate surface area is 192 Å². The molecule has 0 saturated heterocycles. The summed E-state index contributed by atoms with van der Waals surface area (Å²) in [5.74, 6) is 2.79. The zero-order valence-electron chi connectivity index (χ0n) is 19.0. The summed E-state index contributed by atoms with van der Waals surface area (Å²) >= 11 is 0. The third kappa shape index (κ3) is 5.35. The number of amides is 1. The summed E-state index contributed by atoms with van der Waals surface area (Å²) in [7, 11) is 1.59. The third-order valence-corrected chi connectivity index (χ3v) is 4.93. The van der Waals surface area contributed by atoms with Crippen LogP contribution in [0, 0.1) is 20.8 Å². The Morgan fingerprint density at radius 2 is 1.76 bits per heavy atom. The summed E-state index contributed by atoms with van der Waals surface area (Å²) in [5.41, 5.74) is 3.39. The quantitative estimate of drug-likeness (QED) is 0.450. The minimum Gasteiger partial charge on any atom is -0.496 e. The lowest BCUT2D eigenvalue weighted by atomic mass is 10.1. The summed E-state index contributed by atoms with van der Waals surface area (Å²) in [6.45, 7) is 5.72. The monoisotopic (exact) mass is 443 g/mol. The molecule has 1 N–H and O–H groups in total. The molecular formula is C25H25N5O3. The number of para-hydroxylation sites is 1. The molecule has 168 valence electrons. The Balaban J connectivity index is 1.44. The van der Waals surface area contributed by atoms with Crippen LogP contribution in [0.5, 0.6) is 17.4 Å². The second-order valence-electron chi connectivity index (χ2n) is 7.61. The van der Waals surface area contributed by atoms with Crippen molar-refractivity contribution in [3.05, 3.63) is 83.4 Å². The van der Waals surface area contributed by atoms with E-state index < -0.39 is 0 Å². The number of rotatable bonds is 7. The summed E-state index contributed by atoms with van der Waals surface area (Å²) < 4.78 is 13.0. The largest absolute Gasteiger partial charge is 0.496 e. The summed E-state index contributed by atoms with van der Waals surface area (Å²) in [6, 6.07) is 18.3. The molecule has 0 radical (unpaired) electrons. The van der Waals surface area contributed by atoms with E-state index in [-0.39, 0.29) is 12.3 Å². The Morgan fingerprint density at radius 3 is 2.45 bits per heavy atom. The van der Waals surface area contributed by atoms with Crippen LogP contribution in [0.25, 0.3) is 5.82 Å². The number of anilines is 1. The van der Waals surface area contributed by atoms with Gasteiger partial charge in [-0.3, -0.25) is 4.79 Å². The first-order valence-corrected chi connectivity index (χ1v) is 10.5. The highest BCUT2D eigenvalue weighted by molar-refractivity contribution is 5.92. The molecule has 2 aromatic heterocycles. The molecule has 0 aliphatic heterocycles. The van der Waals surface area contributed by atoms with Crippen molar-refractivity contribution in [2.75, 3.05) is 12.4 Å². The van der Waals surface area contributed by atoms with E-state index in [0.29, 0.717) is 34.7 Å². The van der Waals surface area contributed by atoms with Crippen LogP contribution < -0.4 is 14.8 Å². The van der Waals surface area contributed by atoms with Crippen molar-refractivity contribution in [1.82, 2.24) is 19.7 Å². The van der Waals surface area contributed by atoms with Gasteiger partial charge in [-0.1, -0.05) is 18.2 Å². The lowest BCUT2D eigenvalue weighted by Gasteiger charge is -2.11. The highest BCUT2D eigenvalue weighted by atomic mass is 16.5. The molecule has 2 aromatic carbocycles. The van der Waals surface area contributed by atoms with Crippen molar-refractivity contribution < 1.29 is 14.3 Å². The predicted octanol–water partition coefficient (Wildman–Crippen LogP) is 4.57. The van der Waals surface area contributed by atoms with Gasteiger partial charge in [-0.05, 0) is 57.2 Å². The molecule has 2 heterocycles. The van der Waals surface area contributed by atoms with Gasteiger partial charge in [0.25, 0.3) is 0 Å². The fraction of sp³-hybridized carbons (Fsp3) is 0.200. The van der Waals surface area contributed by atoms with Gasteiger partial charge in [0.1, 0.15) is 17.3 Å². The third-order valence-electron chi connectivity index (χ3n) is 4.93. The number of benzene rings is 2. The number of hydrogen-bond acceptors (Lipinski definition) is 6. The standard InChI is InChI=1S/C25H25N5O3/c1-16-13-17(2)30(29-16)23-15-25(27-18(3)26-23)33-21-11-9-20(10-12-21)28-24(31)14-19-7-5-6-8-22(19)32-4/h5-13,15H,14H2,1-4H3,(H,28,31). The summed E-state index contributed by atoms with van der Waals surface area (Å²) in [5, 5.41) is 7.37. The molecule has 33 heavy (non-hydrogen) atoms. The van der Waals surface area contributed by atoms with Crippen molar-refractivity contribution >= 4 is 11.6 Å². The van der Waals surface area contributed by atoms with Crippen molar-refractivity contribution in [2.24, 2.45) is 0 Å². The smallest absolute Gasteiger partial charge is 0.228 e. The lowest BCUT2D eigenvalue weighted by molar-refractivity contribution is -0.115. The molecule has 0 saturated carbocycles. The van der Waals surface area contributed by atoms with E-state index in [1.54, 1.807) is 42.1 Å². The Kier molecular flexibility index (Phi) is 6.35. The van der Waals surface area contributed by atoms with Gasteiger partial charge in [0.15, 0.2) is 5.82 Å². The Hall–Kier alpha value is -4.20. The highest BCUT2D eigenvalue weighted by Crippen LogP contribution is 2.24. The molecule has 0 aliphatic rings. The number of carbonyl (C=O) groups excluding carboxylic acids is 1. The van der Waals surface area contributed by atoms with Crippen LogP contribution in [0.4, 0.5) is 5.69 Å². The lowest BCUT2D eigenvalue weighted by Crippen LogP contribution is -2.14. The Bertz CT molecular complexity index is 1280. The number of aryl methyl sites for hydroxylation is 3. The molecule has 0 bridgehead atoms. The molecule has 0 atom stereocenters. The van der Waals surface area contributed by atoms with Crippen LogP contribution in [0.3, 0.4) is 0 Å². The molecule has 4 aromatic rings. The van der Waals surface area contributed by atoms with Crippen molar-refractivity contribution in [3.63, 3.8) is 0 Å². The van der Waals surface area contributed by atoms with Gasteiger partial charge in [0.2, 0.25) is 11.8 Å². The van der Waals surface area contributed by atoms with Crippen molar-refractivity contribution in [3.8, 4) is 23.2 Å². The average Bonchev–Trinajstić information content (AvgIpc) is 3.13. The zero-order valence-corrected chi connectivity index (χ0v) is 19.0. The van der Waals surface area contributed by atoms with Crippen molar-refractivity contribution in [1.29, 1.82) is 0 Å². The average molecular weight is 444 g/mol. The number of ether oxygens (including phenoxy) is 2. The number of carbonyl (C=O) groups is 1. The SMILES string of the molecule is COc1ccccc1CC(=O)Nc1ccc(Oc2cc(-n3nc(C)cc3C)nc(C)n2)cc1. The van der Waals surface area contributed by atoms with Crippen LogP contribution >= 0.6 is 0 Å². The van der Waals surface area contributed by atoms with E-state index in [4.69, 9.17) is 9.47 Å². The second-order valence-corrected chi connectivity index (χ2v) is 7.61. The summed E-state index contributed by atoms with van der Waals surface area (Å²) in [6.07, 6.45) is 0.220. The number of methoxy groups -OCH3 is 1. The summed E-state index contributed by atoms with van der Waals surface area (Å²) in [4.78, 5) is 21.3. The zero-order chi connectivity index (χ0) is 23.4. The molecule has 0 spiro atoms. The van der Waals surface area contributed by atoms with Gasteiger partial charge >= 0.3 is 0 Å². The predicted molar refractivity (Wildman–Crippen MR) is 125 cm³/mol. The second kappa shape index (κ2) is 9.52. The number of aromatic nitrogens is 4. The molecule has 1 amide bonds. The Morgan fingerprint density at radius 1 is 1.00 bits per heavy atom. The normalized spacial score (nSPS) is 10.7. The van der Waals surface area contributed by atoms with Gasteiger partial charge in [-0.15, -0.1) is 0 Å². The van der Waals surface area contributed by atoms with Gasteiger partial charge in [-0.2, -0.15) is 10.1 Å². The van der Waals surface area contributed by atoms with Crippen LogP contribution in [-0.2, 0) is 11.2 Å². The number of nitrogens with zero attached hydrogens (tertiary/aromatic N) is 4. The molecule has 0 aliphatic carbocycles. The first-order valence-electron chi connectivity index (χ1n) is 10.5.